The van der Waals surface area contributed by atoms with Crippen molar-refractivity contribution in [2.45, 2.75) is 46.2 Å². The number of hydrogen-bond donors (Lipinski definition) is 0. The van der Waals surface area contributed by atoms with Crippen LogP contribution in [0.4, 0.5) is 0 Å². The van der Waals surface area contributed by atoms with Gasteiger partial charge in [0.05, 0.1) is 0 Å². The Labute approximate surface area is 135 Å². The first-order valence-corrected chi connectivity index (χ1v) is 7.97. The summed E-state index contributed by atoms with van der Waals surface area (Å²) >= 11 is 0. The first-order valence-electron chi connectivity index (χ1n) is 7.97. The highest BCUT2D eigenvalue weighted by atomic mass is 16.2. The molecule has 23 heavy (non-hydrogen) atoms. The first-order chi connectivity index (χ1) is 11.2. The van der Waals surface area contributed by atoms with Gasteiger partial charge in [0, 0.05) is 50.3 Å². The zero-order chi connectivity index (χ0) is 16.7. The summed E-state index contributed by atoms with van der Waals surface area (Å²) in [5.41, 5.74) is -0.0227. The van der Waals surface area contributed by atoms with Crippen LogP contribution in [-0.4, -0.2) is 18.3 Å². The van der Waals surface area contributed by atoms with Crippen LogP contribution in [0.3, 0.4) is 0 Å². The van der Waals surface area contributed by atoms with Crippen LogP contribution < -0.4 is 11.4 Å². The molecule has 0 saturated carbocycles. The van der Waals surface area contributed by atoms with E-state index in [2.05, 4.69) is 0 Å². The Morgan fingerprint density at radius 1 is 0.739 bits per heavy atom. The van der Waals surface area contributed by atoms with E-state index >= 15 is 0 Å². The topological polar surface area (TPSA) is 53.9 Å². The van der Waals surface area contributed by atoms with Crippen molar-refractivity contribution < 1.29 is 0 Å². The number of rotatable bonds is 8. The summed E-state index contributed by atoms with van der Waals surface area (Å²) in [6.07, 6.45) is 17.1. The quantitative estimate of drug-likeness (QED) is 0.703. The molecular formula is C17H24N4O2. The predicted octanol–water partition coefficient (Wildman–Crippen LogP) is 2.46. The van der Waals surface area contributed by atoms with Crippen LogP contribution in [0, 0.1) is 0 Å². The largest absolute Gasteiger partial charge is 0.332 e. The molecule has 0 aliphatic heterocycles. The smallest absolute Gasteiger partial charge is 0.299 e. The molecule has 0 saturated heterocycles. The van der Waals surface area contributed by atoms with Gasteiger partial charge in [-0.15, -0.1) is 0 Å². The molecule has 2 rings (SSSR count). The fraction of sp³-hybridized carbons (Fsp3) is 0.412. The van der Waals surface area contributed by atoms with Gasteiger partial charge in [-0.05, 0) is 33.1 Å². The summed E-state index contributed by atoms with van der Waals surface area (Å²) in [7, 11) is 0. The molecule has 0 bridgehead atoms. The van der Waals surface area contributed by atoms with Gasteiger partial charge in [-0.3, -0.25) is 18.3 Å². The summed E-state index contributed by atoms with van der Waals surface area (Å²) in [5.74, 6) is 0. The monoisotopic (exact) mass is 316 g/mol. The minimum absolute atomic E-state index is 0.0113. The molecule has 0 aromatic carbocycles. The van der Waals surface area contributed by atoms with Crippen LogP contribution in [-0.2, 0) is 13.1 Å². The number of aryl methyl sites for hydroxylation is 2. The van der Waals surface area contributed by atoms with E-state index in [0.29, 0.717) is 13.1 Å². The number of allylic oxidation sites excluding steroid dienone is 2. The van der Waals surface area contributed by atoms with Gasteiger partial charge in [0.15, 0.2) is 0 Å². The molecule has 124 valence electrons. The van der Waals surface area contributed by atoms with Crippen molar-refractivity contribution in [2.75, 3.05) is 0 Å². The normalized spacial score (nSPS) is 11.9. The zero-order valence-corrected chi connectivity index (χ0v) is 13.8. The average Bonchev–Trinajstić information content (AvgIpc) is 3.06. The minimum Gasteiger partial charge on any atom is -0.299 e. The summed E-state index contributed by atoms with van der Waals surface area (Å²) in [4.78, 5) is 23.9. The van der Waals surface area contributed by atoms with Gasteiger partial charge in [-0.1, -0.05) is 12.2 Å². The highest BCUT2D eigenvalue weighted by Crippen LogP contribution is 2.01. The van der Waals surface area contributed by atoms with Crippen molar-refractivity contribution in [3.8, 4) is 0 Å². The molecule has 0 fully saturated rings. The van der Waals surface area contributed by atoms with Gasteiger partial charge in [0.1, 0.15) is 0 Å². The standard InChI is InChI=1S/C17H24N4O2/c1-3-8-18-12-14-20(16(18)22)10-6-5-7-11-21-15-13-19(9-4-2)17(21)23/h3-4,8-9,12-15H,5-7,10-11H2,1-2H3/b8-3+,9-4+. The minimum atomic E-state index is -0.0113. The number of hydrogen-bond acceptors (Lipinski definition) is 2. The van der Waals surface area contributed by atoms with Crippen LogP contribution in [0.2, 0.25) is 0 Å². The highest BCUT2D eigenvalue weighted by molar-refractivity contribution is 5.20. The fourth-order valence-corrected chi connectivity index (χ4v) is 2.49. The summed E-state index contributed by atoms with van der Waals surface area (Å²) < 4.78 is 6.58. The summed E-state index contributed by atoms with van der Waals surface area (Å²) in [5, 5.41) is 0. The second-order valence-electron chi connectivity index (χ2n) is 5.39. The van der Waals surface area contributed by atoms with E-state index in [4.69, 9.17) is 0 Å². The molecule has 6 heteroatoms. The van der Waals surface area contributed by atoms with E-state index in [1.165, 1.54) is 0 Å². The van der Waals surface area contributed by atoms with E-state index in [1.807, 2.05) is 38.4 Å². The Balaban J connectivity index is 1.78. The fourth-order valence-electron chi connectivity index (χ4n) is 2.49. The second-order valence-corrected chi connectivity index (χ2v) is 5.39. The first kappa shape index (κ1) is 16.9. The summed E-state index contributed by atoms with van der Waals surface area (Å²) in [6.45, 7) is 5.18. The molecule has 0 radical (unpaired) electrons. The third-order valence-corrected chi connectivity index (χ3v) is 3.66. The molecule has 0 N–H and O–H groups in total. The van der Waals surface area contributed by atoms with Crippen molar-refractivity contribution in [3.05, 3.63) is 57.9 Å². The Hall–Kier alpha value is -2.50. The van der Waals surface area contributed by atoms with Crippen LogP contribution >= 0.6 is 0 Å². The summed E-state index contributed by atoms with van der Waals surface area (Å²) in [6, 6.07) is 0. The van der Waals surface area contributed by atoms with Crippen LogP contribution in [0.15, 0.2) is 46.5 Å². The molecule has 2 aromatic rings. The van der Waals surface area contributed by atoms with E-state index in [-0.39, 0.29) is 11.4 Å². The van der Waals surface area contributed by atoms with Crippen molar-refractivity contribution >= 4 is 12.4 Å². The Morgan fingerprint density at radius 2 is 1.17 bits per heavy atom. The van der Waals surface area contributed by atoms with E-state index in [0.717, 1.165) is 19.3 Å². The Morgan fingerprint density at radius 3 is 1.57 bits per heavy atom. The Kier molecular flexibility index (Phi) is 6.02. The highest BCUT2D eigenvalue weighted by Gasteiger charge is 2.02. The van der Waals surface area contributed by atoms with Gasteiger partial charge in [0.2, 0.25) is 0 Å². The average molecular weight is 316 g/mol. The van der Waals surface area contributed by atoms with Gasteiger partial charge in [-0.2, -0.15) is 0 Å². The Bertz CT molecular complexity index is 720. The van der Waals surface area contributed by atoms with Crippen LogP contribution in [0.25, 0.3) is 12.4 Å². The van der Waals surface area contributed by atoms with Crippen molar-refractivity contribution in [1.82, 2.24) is 18.3 Å². The van der Waals surface area contributed by atoms with Crippen LogP contribution in [0.5, 0.6) is 0 Å². The second kappa shape index (κ2) is 8.22. The SMILES string of the molecule is C/C=C/n1ccn(CCCCCn2ccn(/C=C/C)c2=O)c1=O. The van der Waals surface area contributed by atoms with E-state index < -0.39 is 0 Å². The third-order valence-electron chi connectivity index (χ3n) is 3.66. The molecule has 0 unspecified atom stereocenters. The zero-order valence-electron chi connectivity index (χ0n) is 13.8. The van der Waals surface area contributed by atoms with E-state index in [9.17, 15) is 9.59 Å². The van der Waals surface area contributed by atoms with Gasteiger partial charge >= 0.3 is 11.4 Å². The lowest BCUT2D eigenvalue weighted by atomic mass is 10.2. The van der Waals surface area contributed by atoms with E-state index in [1.54, 1.807) is 43.1 Å². The van der Waals surface area contributed by atoms with Crippen molar-refractivity contribution in [1.29, 1.82) is 0 Å². The molecule has 2 heterocycles. The number of imidazole rings is 2. The van der Waals surface area contributed by atoms with Crippen molar-refractivity contribution in [3.63, 3.8) is 0 Å². The predicted molar refractivity (Wildman–Crippen MR) is 93.2 cm³/mol. The third kappa shape index (κ3) is 4.25. The molecule has 6 nitrogen and oxygen atoms in total. The number of unbranched alkanes of at least 4 members (excludes halogenated alkanes) is 2. The number of aromatic nitrogens is 4. The molecule has 0 aliphatic rings. The van der Waals surface area contributed by atoms with Crippen LogP contribution in [0.1, 0.15) is 33.1 Å². The molecule has 0 atom stereocenters. The lowest BCUT2D eigenvalue weighted by molar-refractivity contribution is 0.531. The molecule has 0 amide bonds. The molecule has 0 spiro atoms. The van der Waals surface area contributed by atoms with Gasteiger partial charge in [0.25, 0.3) is 0 Å². The number of nitrogens with zero attached hydrogens (tertiary/aromatic N) is 4. The lowest BCUT2D eigenvalue weighted by Crippen LogP contribution is -2.22. The molecular weight excluding hydrogens is 292 g/mol. The lowest BCUT2D eigenvalue weighted by Gasteiger charge is -2.03. The maximum Gasteiger partial charge on any atom is 0.332 e. The molecule has 0 aliphatic carbocycles. The van der Waals surface area contributed by atoms with Gasteiger partial charge in [-0.25, -0.2) is 9.59 Å². The maximum absolute atomic E-state index is 12.0. The maximum atomic E-state index is 12.0. The van der Waals surface area contributed by atoms with Gasteiger partial charge < -0.3 is 0 Å². The molecule has 2 aromatic heterocycles. The van der Waals surface area contributed by atoms with Crippen molar-refractivity contribution in [2.24, 2.45) is 0 Å².